The minimum Gasteiger partial charge on any atom is -0.493 e. The van der Waals surface area contributed by atoms with Crippen molar-refractivity contribution in [2.75, 3.05) is 20.3 Å². The van der Waals surface area contributed by atoms with Gasteiger partial charge in [0.05, 0.1) is 18.9 Å². The van der Waals surface area contributed by atoms with E-state index in [1.807, 2.05) is 0 Å². The Morgan fingerprint density at radius 3 is 2.93 bits per heavy atom. The van der Waals surface area contributed by atoms with E-state index < -0.39 is 5.82 Å². The maximum absolute atomic E-state index is 14.1. The van der Waals surface area contributed by atoms with E-state index in [-0.39, 0.29) is 10.6 Å². The Morgan fingerprint density at radius 2 is 2.11 bits per heavy atom. The Bertz CT molecular complexity index is 1060. The molecule has 1 aliphatic rings. The van der Waals surface area contributed by atoms with Gasteiger partial charge in [0.25, 0.3) is 0 Å². The maximum Gasteiger partial charge on any atom is 0.216 e. The van der Waals surface area contributed by atoms with E-state index in [0.29, 0.717) is 41.6 Å². The minimum absolute atomic E-state index is 0.244. The van der Waals surface area contributed by atoms with Crippen molar-refractivity contribution in [3.63, 3.8) is 0 Å². The summed E-state index contributed by atoms with van der Waals surface area (Å²) in [7, 11) is 1.55. The lowest BCUT2D eigenvalue weighted by atomic mass is 10.2. The number of methoxy groups -OCH3 is 1. The maximum atomic E-state index is 14.1. The number of H-pyrrole nitrogens is 1. The number of hydrogen-bond donors (Lipinski definition) is 1. The highest BCUT2D eigenvalue weighted by Gasteiger charge is 2.18. The molecule has 1 aliphatic heterocycles. The zero-order valence-corrected chi connectivity index (χ0v) is 15.1. The Hall–Kier alpha value is -3.20. The number of halogens is 1. The fourth-order valence-corrected chi connectivity index (χ4v) is 2.89. The smallest absolute Gasteiger partial charge is 0.216 e. The summed E-state index contributed by atoms with van der Waals surface area (Å²) in [6.07, 6.45) is 1.57. The second kappa shape index (κ2) is 7.20. The van der Waals surface area contributed by atoms with Crippen LogP contribution in [0.3, 0.4) is 0 Å². The fourth-order valence-electron chi connectivity index (χ4n) is 2.71. The van der Waals surface area contributed by atoms with Crippen molar-refractivity contribution in [1.82, 2.24) is 14.9 Å². The van der Waals surface area contributed by atoms with Gasteiger partial charge < -0.3 is 14.2 Å². The molecule has 2 aromatic carbocycles. The summed E-state index contributed by atoms with van der Waals surface area (Å²) in [5.74, 6) is 1.54. The largest absolute Gasteiger partial charge is 0.493 e. The molecule has 2 heterocycles. The Morgan fingerprint density at radius 1 is 1.30 bits per heavy atom. The van der Waals surface area contributed by atoms with Crippen molar-refractivity contribution in [2.45, 2.75) is 0 Å². The number of ether oxygens (including phenoxy) is 3. The van der Waals surface area contributed by atoms with Crippen molar-refractivity contribution in [3.05, 3.63) is 52.5 Å². The fraction of sp³-hybridized carbons (Fsp3) is 0.167. The van der Waals surface area contributed by atoms with E-state index in [0.717, 1.165) is 0 Å². The van der Waals surface area contributed by atoms with E-state index in [1.165, 1.54) is 10.7 Å². The van der Waals surface area contributed by atoms with Crippen molar-refractivity contribution < 1.29 is 18.6 Å². The molecule has 7 nitrogen and oxygen atoms in total. The van der Waals surface area contributed by atoms with Gasteiger partial charge in [0.2, 0.25) is 10.5 Å². The number of benzene rings is 2. The molecule has 0 fully saturated rings. The third-order valence-electron chi connectivity index (χ3n) is 3.94. The van der Waals surface area contributed by atoms with Crippen LogP contribution in [0.5, 0.6) is 17.2 Å². The number of nitrogens with one attached hydrogen (secondary N) is 1. The number of hydrogen-bond acceptors (Lipinski definition) is 6. The summed E-state index contributed by atoms with van der Waals surface area (Å²) in [6, 6.07) is 9.84. The van der Waals surface area contributed by atoms with Crippen LogP contribution in [-0.4, -0.2) is 41.4 Å². The topological polar surface area (TPSA) is 73.7 Å². The second-order valence-corrected chi connectivity index (χ2v) is 6.02. The number of aromatic amines is 1. The van der Waals surface area contributed by atoms with Crippen LogP contribution in [0.15, 0.2) is 41.5 Å². The molecule has 0 radical (unpaired) electrons. The molecule has 0 aliphatic carbocycles. The Balaban J connectivity index is 1.74. The summed E-state index contributed by atoms with van der Waals surface area (Å²) in [6.45, 7) is 0.925. The molecule has 0 unspecified atom stereocenters. The molecule has 4 rings (SSSR count). The van der Waals surface area contributed by atoms with Gasteiger partial charge in [-0.1, -0.05) is 12.1 Å². The number of fused-ring (bicyclic) bond motifs is 1. The lowest BCUT2D eigenvalue weighted by Crippen LogP contribution is -2.16. The average Bonchev–Trinajstić information content (AvgIpc) is 3.06. The van der Waals surface area contributed by atoms with Crippen LogP contribution in [0.2, 0.25) is 0 Å². The first-order valence-electron chi connectivity index (χ1n) is 8.11. The van der Waals surface area contributed by atoms with Gasteiger partial charge in [-0.25, -0.2) is 9.49 Å². The highest BCUT2D eigenvalue weighted by Crippen LogP contribution is 2.40. The van der Waals surface area contributed by atoms with E-state index in [4.69, 9.17) is 26.4 Å². The van der Waals surface area contributed by atoms with Gasteiger partial charge in [-0.3, -0.25) is 0 Å². The SMILES string of the molecule is COc1cc(/C=N\n2c(-c3ccccc3F)n[nH]c2=S)cc2c1OCCO2. The van der Waals surface area contributed by atoms with Gasteiger partial charge in [-0.2, -0.15) is 14.9 Å². The first kappa shape index (κ1) is 17.2. The predicted octanol–water partition coefficient (Wildman–Crippen LogP) is 3.41. The molecule has 9 heteroatoms. The first-order chi connectivity index (χ1) is 13.2. The van der Waals surface area contributed by atoms with E-state index >= 15 is 0 Å². The molecule has 27 heavy (non-hydrogen) atoms. The first-order valence-corrected chi connectivity index (χ1v) is 8.52. The van der Waals surface area contributed by atoms with Gasteiger partial charge in [0.15, 0.2) is 17.3 Å². The van der Waals surface area contributed by atoms with Crippen LogP contribution in [0, 0.1) is 10.6 Å². The summed E-state index contributed by atoms with van der Waals surface area (Å²) >= 11 is 5.22. The van der Waals surface area contributed by atoms with Crippen LogP contribution >= 0.6 is 12.2 Å². The number of nitrogens with zero attached hydrogens (tertiary/aromatic N) is 3. The molecule has 138 valence electrons. The molecule has 0 bridgehead atoms. The molecule has 0 spiro atoms. The van der Waals surface area contributed by atoms with Crippen molar-refractivity contribution in [1.29, 1.82) is 0 Å². The molecule has 0 amide bonds. The van der Waals surface area contributed by atoms with Gasteiger partial charge in [0.1, 0.15) is 19.0 Å². The van der Waals surface area contributed by atoms with E-state index in [9.17, 15) is 4.39 Å². The Labute approximate surface area is 159 Å². The van der Waals surface area contributed by atoms with Crippen molar-refractivity contribution in [3.8, 4) is 28.6 Å². The van der Waals surface area contributed by atoms with Crippen LogP contribution in [0.1, 0.15) is 5.56 Å². The molecule has 3 aromatic rings. The second-order valence-electron chi connectivity index (χ2n) is 5.64. The third kappa shape index (κ3) is 3.28. The summed E-state index contributed by atoms with van der Waals surface area (Å²) in [5, 5.41) is 11.1. The molecule has 1 N–H and O–H groups in total. The predicted molar refractivity (Wildman–Crippen MR) is 99.8 cm³/mol. The van der Waals surface area contributed by atoms with Crippen molar-refractivity contribution in [2.24, 2.45) is 5.10 Å². The number of aromatic nitrogens is 3. The van der Waals surface area contributed by atoms with Crippen LogP contribution < -0.4 is 14.2 Å². The molecule has 0 atom stereocenters. The molecular weight excluding hydrogens is 371 g/mol. The van der Waals surface area contributed by atoms with Gasteiger partial charge in [0, 0.05) is 5.56 Å². The summed E-state index contributed by atoms with van der Waals surface area (Å²) in [5.41, 5.74) is 1.00. The zero-order valence-electron chi connectivity index (χ0n) is 14.3. The zero-order chi connectivity index (χ0) is 18.8. The highest BCUT2D eigenvalue weighted by atomic mass is 32.1. The molecule has 0 saturated carbocycles. The van der Waals surface area contributed by atoms with E-state index in [2.05, 4.69) is 15.3 Å². The third-order valence-corrected chi connectivity index (χ3v) is 4.20. The number of rotatable bonds is 4. The highest BCUT2D eigenvalue weighted by molar-refractivity contribution is 7.71. The lowest BCUT2D eigenvalue weighted by Gasteiger charge is -2.20. The van der Waals surface area contributed by atoms with Crippen LogP contribution in [-0.2, 0) is 0 Å². The normalized spacial score (nSPS) is 13.1. The minimum atomic E-state index is -0.413. The summed E-state index contributed by atoms with van der Waals surface area (Å²) in [4.78, 5) is 0. The van der Waals surface area contributed by atoms with E-state index in [1.54, 1.807) is 43.7 Å². The molecule has 0 saturated heterocycles. The van der Waals surface area contributed by atoms with Gasteiger partial charge >= 0.3 is 0 Å². The summed E-state index contributed by atoms with van der Waals surface area (Å²) < 4.78 is 32.3. The average molecular weight is 386 g/mol. The molecular formula is C18H15FN4O3S. The quantitative estimate of drug-likeness (QED) is 0.550. The van der Waals surface area contributed by atoms with Gasteiger partial charge in [-0.05, 0) is 36.5 Å². The lowest BCUT2D eigenvalue weighted by molar-refractivity contribution is 0.165. The monoisotopic (exact) mass is 386 g/mol. The standard InChI is InChI=1S/C18H15FN4O3S/c1-24-14-8-11(9-15-16(14)26-7-6-25-15)10-20-23-17(21-22-18(23)27)12-4-2-3-5-13(12)19/h2-5,8-10H,6-7H2,1H3,(H,22,27)/b20-10-. The van der Waals surface area contributed by atoms with Gasteiger partial charge in [-0.15, -0.1) is 0 Å². The van der Waals surface area contributed by atoms with Crippen LogP contribution in [0.4, 0.5) is 4.39 Å². The molecule has 1 aromatic heterocycles. The Kier molecular flexibility index (Phi) is 4.59. The van der Waals surface area contributed by atoms with Crippen LogP contribution in [0.25, 0.3) is 11.4 Å². The van der Waals surface area contributed by atoms with Crippen molar-refractivity contribution >= 4 is 18.4 Å².